The van der Waals surface area contributed by atoms with E-state index in [0.717, 1.165) is 5.56 Å². The first kappa shape index (κ1) is 21.5. The number of amides is 2. The number of hydrogen-bond acceptors (Lipinski definition) is 5. The summed E-state index contributed by atoms with van der Waals surface area (Å²) in [5.74, 6) is -1.25. The minimum atomic E-state index is -0.846. The van der Waals surface area contributed by atoms with Crippen LogP contribution >= 0.6 is 11.3 Å². The predicted molar refractivity (Wildman–Crippen MR) is 126 cm³/mol. The van der Waals surface area contributed by atoms with E-state index in [1.807, 2.05) is 42.5 Å². The molecule has 0 saturated carbocycles. The van der Waals surface area contributed by atoms with Gasteiger partial charge in [0.2, 0.25) is 0 Å². The Bertz CT molecular complexity index is 1430. The lowest BCUT2D eigenvalue weighted by molar-refractivity contribution is -0.120. The maximum atomic E-state index is 14.1. The zero-order valence-corrected chi connectivity index (χ0v) is 18.6. The molecule has 8 heteroatoms. The zero-order chi connectivity index (χ0) is 23.7. The Morgan fingerprint density at radius 3 is 2.59 bits per heavy atom. The molecule has 0 aliphatic carbocycles. The number of nitrogens with one attached hydrogen (secondary N) is 1. The van der Waals surface area contributed by atoms with Crippen molar-refractivity contribution < 1.29 is 14.0 Å². The van der Waals surface area contributed by atoms with Gasteiger partial charge in [-0.05, 0) is 40.5 Å². The molecule has 2 amide bonds. The first-order valence-electron chi connectivity index (χ1n) is 10.4. The second-order valence-electron chi connectivity index (χ2n) is 7.75. The van der Waals surface area contributed by atoms with Gasteiger partial charge in [-0.1, -0.05) is 48.5 Å². The smallest absolute Gasteiger partial charge is 0.255 e. The van der Waals surface area contributed by atoms with Crippen molar-refractivity contribution >= 4 is 28.3 Å². The molecule has 2 heterocycles. The molecule has 34 heavy (non-hydrogen) atoms. The molecule has 1 N–H and O–H groups in total. The van der Waals surface area contributed by atoms with Crippen molar-refractivity contribution in [3.8, 4) is 17.2 Å². The average Bonchev–Trinajstić information content (AvgIpc) is 3.48. The van der Waals surface area contributed by atoms with Crippen molar-refractivity contribution in [3.05, 3.63) is 106 Å². The van der Waals surface area contributed by atoms with Crippen LogP contribution in [0.15, 0.2) is 78.3 Å². The van der Waals surface area contributed by atoms with Gasteiger partial charge >= 0.3 is 0 Å². The predicted octanol–water partition coefficient (Wildman–Crippen LogP) is 5.16. The number of nitrogens with zero attached hydrogens (tertiary/aromatic N) is 3. The number of nitriles is 1. The van der Waals surface area contributed by atoms with Crippen LogP contribution in [0.3, 0.4) is 0 Å². The number of carbonyl (C=O) groups excluding carboxylic acids is 2. The van der Waals surface area contributed by atoms with Crippen molar-refractivity contribution in [3.63, 3.8) is 0 Å². The van der Waals surface area contributed by atoms with Crippen molar-refractivity contribution in [2.24, 2.45) is 0 Å². The third-order valence-electron chi connectivity index (χ3n) is 5.70. The first-order valence-corrected chi connectivity index (χ1v) is 11.3. The Kier molecular flexibility index (Phi) is 5.62. The van der Waals surface area contributed by atoms with E-state index < -0.39 is 11.9 Å². The van der Waals surface area contributed by atoms with E-state index in [2.05, 4.69) is 10.3 Å². The highest BCUT2D eigenvalue weighted by atomic mass is 32.1. The second kappa shape index (κ2) is 8.89. The van der Waals surface area contributed by atoms with Crippen LogP contribution in [0.1, 0.15) is 33.1 Å². The summed E-state index contributed by atoms with van der Waals surface area (Å²) in [5.41, 5.74) is 3.11. The molecule has 0 spiro atoms. The van der Waals surface area contributed by atoms with Gasteiger partial charge in [-0.15, -0.1) is 11.3 Å². The summed E-state index contributed by atoms with van der Waals surface area (Å²) in [5, 5.41) is 14.0. The molecular formula is C26H17FN4O2S. The quantitative estimate of drug-likeness (QED) is 0.439. The van der Waals surface area contributed by atoms with E-state index >= 15 is 0 Å². The Morgan fingerprint density at radius 1 is 1.12 bits per heavy atom. The number of aromatic nitrogens is 1. The highest BCUT2D eigenvalue weighted by Gasteiger charge is 2.37. The van der Waals surface area contributed by atoms with Gasteiger partial charge in [-0.2, -0.15) is 5.26 Å². The number of hydrogen-bond donors (Lipinski definition) is 1. The van der Waals surface area contributed by atoms with Crippen LogP contribution in [0, 0.1) is 17.1 Å². The van der Waals surface area contributed by atoms with Gasteiger partial charge < -0.3 is 4.90 Å². The molecule has 5 rings (SSSR count). The van der Waals surface area contributed by atoms with Gasteiger partial charge in [0.1, 0.15) is 17.9 Å². The summed E-state index contributed by atoms with van der Waals surface area (Å²) in [6, 6.07) is 19.8. The molecule has 0 saturated heterocycles. The third kappa shape index (κ3) is 3.93. The van der Waals surface area contributed by atoms with Gasteiger partial charge in [0.25, 0.3) is 11.8 Å². The molecular weight excluding hydrogens is 451 g/mol. The van der Waals surface area contributed by atoms with Gasteiger partial charge in [0.15, 0.2) is 5.13 Å². The van der Waals surface area contributed by atoms with Gasteiger partial charge in [-0.3, -0.25) is 14.9 Å². The lowest BCUT2D eigenvalue weighted by Gasteiger charge is -2.27. The third-order valence-corrected chi connectivity index (χ3v) is 6.39. The fourth-order valence-electron chi connectivity index (χ4n) is 4.06. The van der Waals surface area contributed by atoms with E-state index in [1.54, 1.807) is 29.8 Å². The largest absolute Gasteiger partial charge is 0.318 e. The number of benzene rings is 3. The topological polar surface area (TPSA) is 86.1 Å². The second-order valence-corrected chi connectivity index (χ2v) is 8.65. The first-order chi connectivity index (χ1) is 16.5. The molecule has 0 radical (unpaired) electrons. The van der Waals surface area contributed by atoms with Crippen LogP contribution in [0.5, 0.6) is 0 Å². The minimum Gasteiger partial charge on any atom is -0.318 e. The van der Waals surface area contributed by atoms with E-state index in [4.69, 9.17) is 5.26 Å². The molecule has 1 aliphatic heterocycles. The van der Waals surface area contributed by atoms with E-state index in [9.17, 15) is 14.0 Å². The number of rotatable bonds is 5. The van der Waals surface area contributed by atoms with Gasteiger partial charge in [-0.25, -0.2) is 9.37 Å². The maximum Gasteiger partial charge on any atom is 0.255 e. The van der Waals surface area contributed by atoms with Crippen LogP contribution in [-0.2, 0) is 11.3 Å². The lowest BCUT2D eigenvalue weighted by Crippen LogP contribution is -2.37. The number of anilines is 1. The van der Waals surface area contributed by atoms with Crippen molar-refractivity contribution in [2.75, 3.05) is 5.32 Å². The SMILES string of the molecule is N#Cc1ccc(-c2ccc3c(c2)C(=O)N([C@H](C(=O)Nc2nccs2)c2ccccc2)C3)cc1F. The standard InChI is InChI=1S/C26H17FN4O2S/c27-22-13-18(6-8-19(22)14-28)17-7-9-20-15-31(25(33)21(20)12-17)23(16-4-2-1-3-5-16)24(32)30-26-29-10-11-34-26/h1-13,23H,15H2,(H,29,30,32)/t23-/m0/s1. The number of carbonyl (C=O) groups is 2. The molecule has 1 atom stereocenters. The van der Waals surface area contributed by atoms with Crippen LogP contribution in [0.25, 0.3) is 11.1 Å². The van der Waals surface area contributed by atoms with Crippen LogP contribution in [-0.4, -0.2) is 21.7 Å². The van der Waals surface area contributed by atoms with E-state index in [0.29, 0.717) is 27.4 Å². The normalized spacial score (nSPS) is 13.3. The zero-order valence-electron chi connectivity index (χ0n) is 17.7. The molecule has 166 valence electrons. The van der Waals surface area contributed by atoms with Crippen LogP contribution in [0.4, 0.5) is 9.52 Å². The Hall–Kier alpha value is -4.35. The Balaban J connectivity index is 1.48. The molecule has 0 bridgehead atoms. The molecule has 1 aliphatic rings. The highest BCUT2D eigenvalue weighted by molar-refractivity contribution is 7.13. The summed E-state index contributed by atoms with van der Waals surface area (Å²) in [7, 11) is 0. The number of halogens is 1. The fourth-order valence-corrected chi connectivity index (χ4v) is 4.60. The lowest BCUT2D eigenvalue weighted by atomic mass is 9.99. The summed E-state index contributed by atoms with van der Waals surface area (Å²) in [6.45, 7) is 0.265. The van der Waals surface area contributed by atoms with Crippen molar-refractivity contribution in [1.82, 2.24) is 9.88 Å². The molecule has 6 nitrogen and oxygen atoms in total. The highest BCUT2D eigenvalue weighted by Crippen LogP contribution is 2.35. The van der Waals surface area contributed by atoms with E-state index in [1.165, 1.54) is 28.4 Å². The number of thiazole rings is 1. The number of fused-ring (bicyclic) bond motifs is 1. The molecule has 3 aromatic carbocycles. The van der Waals surface area contributed by atoms with E-state index in [-0.39, 0.29) is 23.9 Å². The summed E-state index contributed by atoms with van der Waals surface area (Å²) < 4.78 is 14.1. The van der Waals surface area contributed by atoms with Gasteiger partial charge in [0, 0.05) is 23.7 Å². The summed E-state index contributed by atoms with van der Waals surface area (Å²) in [4.78, 5) is 32.4. The Labute approximate surface area is 198 Å². The molecule has 4 aromatic rings. The van der Waals surface area contributed by atoms with Crippen molar-refractivity contribution in [1.29, 1.82) is 5.26 Å². The van der Waals surface area contributed by atoms with Crippen molar-refractivity contribution in [2.45, 2.75) is 12.6 Å². The monoisotopic (exact) mass is 468 g/mol. The molecule has 0 fully saturated rings. The fraction of sp³-hybridized carbons (Fsp3) is 0.0769. The molecule has 0 unspecified atom stereocenters. The molecule has 1 aromatic heterocycles. The average molecular weight is 469 g/mol. The summed E-state index contributed by atoms with van der Waals surface area (Å²) in [6.07, 6.45) is 1.60. The Morgan fingerprint density at radius 2 is 1.88 bits per heavy atom. The van der Waals surface area contributed by atoms with Crippen LogP contribution < -0.4 is 5.32 Å². The van der Waals surface area contributed by atoms with Crippen LogP contribution in [0.2, 0.25) is 0 Å². The van der Waals surface area contributed by atoms with Gasteiger partial charge in [0.05, 0.1) is 5.56 Å². The maximum absolute atomic E-state index is 14.1. The summed E-state index contributed by atoms with van der Waals surface area (Å²) >= 11 is 1.30. The minimum absolute atomic E-state index is 0.0379.